The van der Waals surface area contributed by atoms with Crippen molar-refractivity contribution in [2.75, 3.05) is 13.2 Å². The summed E-state index contributed by atoms with van der Waals surface area (Å²) < 4.78 is 12.3. The summed E-state index contributed by atoms with van der Waals surface area (Å²) in [5.74, 6) is 0.718. The summed E-state index contributed by atoms with van der Waals surface area (Å²) in [6, 6.07) is 13.7. The number of halogens is 2. The molecule has 1 atom stereocenters. The standard InChI is InChI=1S/C19H12BrClN2O2/c20-10-5-6-15-13(7-10)17(21)16-18(25-9-11-8-24-11)12-3-1-2-4-14(12)22-19(16)23-15/h1-7,11H,8-9H2. The van der Waals surface area contributed by atoms with Gasteiger partial charge in [-0.15, -0.1) is 0 Å². The van der Waals surface area contributed by atoms with Crippen LogP contribution in [0.1, 0.15) is 0 Å². The minimum absolute atomic E-state index is 0.156. The fourth-order valence-electron chi connectivity index (χ4n) is 2.97. The van der Waals surface area contributed by atoms with Crippen molar-refractivity contribution in [3.63, 3.8) is 0 Å². The van der Waals surface area contributed by atoms with Crippen molar-refractivity contribution in [2.45, 2.75) is 6.10 Å². The first-order valence-electron chi connectivity index (χ1n) is 7.92. The summed E-state index contributed by atoms with van der Waals surface area (Å²) in [4.78, 5) is 9.40. The third-order valence-corrected chi connectivity index (χ3v) is 5.17. The molecular formula is C19H12BrClN2O2. The van der Waals surface area contributed by atoms with E-state index in [4.69, 9.17) is 31.0 Å². The lowest BCUT2D eigenvalue weighted by Crippen LogP contribution is -2.06. The molecule has 1 unspecified atom stereocenters. The van der Waals surface area contributed by atoms with Gasteiger partial charge in [-0.2, -0.15) is 0 Å². The van der Waals surface area contributed by atoms with E-state index in [1.165, 1.54) is 0 Å². The number of para-hydroxylation sites is 1. The topological polar surface area (TPSA) is 47.5 Å². The van der Waals surface area contributed by atoms with Crippen molar-refractivity contribution in [2.24, 2.45) is 0 Å². The molecule has 3 heterocycles. The van der Waals surface area contributed by atoms with Gasteiger partial charge in [-0.3, -0.25) is 0 Å². The Balaban J connectivity index is 1.88. The van der Waals surface area contributed by atoms with Gasteiger partial charge in [-0.05, 0) is 30.3 Å². The molecule has 2 aromatic heterocycles. The van der Waals surface area contributed by atoms with Gasteiger partial charge in [-0.1, -0.05) is 39.7 Å². The molecule has 124 valence electrons. The molecule has 0 saturated carbocycles. The van der Waals surface area contributed by atoms with E-state index in [1.54, 1.807) is 0 Å². The van der Waals surface area contributed by atoms with Gasteiger partial charge in [0.2, 0.25) is 0 Å². The van der Waals surface area contributed by atoms with Gasteiger partial charge in [0, 0.05) is 15.2 Å². The number of hydrogen-bond acceptors (Lipinski definition) is 4. The van der Waals surface area contributed by atoms with E-state index in [1.807, 2.05) is 42.5 Å². The molecule has 5 rings (SSSR count). The normalized spacial score (nSPS) is 16.6. The van der Waals surface area contributed by atoms with E-state index in [0.717, 1.165) is 44.0 Å². The van der Waals surface area contributed by atoms with Crippen LogP contribution in [0.4, 0.5) is 0 Å². The van der Waals surface area contributed by atoms with Crippen LogP contribution in [-0.2, 0) is 4.74 Å². The second-order valence-corrected chi connectivity index (χ2v) is 7.30. The maximum absolute atomic E-state index is 6.77. The molecule has 1 saturated heterocycles. The highest BCUT2D eigenvalue weighted by Gasteiger charge is 2.25. The summed E-state index contributed by atoms with van der Waals surface area (Å²) in [5, 5.41) is 3.14. The molecule has 25 heavy (non-hydrogen) atoms. The maximum atomic E-state index is 6.77. The van der Waals surface area contributed by atoms with Crippen LogP contribution in [0.5, 0.6) is 5.75 Å². The van der Waals surface area contributed by atoms with Crippen molar-refractivity contribution in [3.05, 3.63) is 52.0 Å². The summed E-state index contributed by atoms with van der Waals surface area (Å²) in [6.45, 7) is 1.23. The van der Waals surface area contributed by atoms with Crippen LogP contribution in [0.2, 0.25) is 5.02 Å². The Morgan fingerprint density at radius 1 is 1.12 bits per heavy atom. The average molecular weight is 416 g/mol. The van der Waals surface area contributed by atoms with Crippen LogP contribution in [0, 0.1) is 0 Å². The number of ether oxygens (including phenoxy) is 2. The van der Waals surface area contributed by atoms with Crippen LogP contribution in [0.25, 0.3) is 32.8 Å². The van der Waals surface area contributed by atoms with Crippen molar-refractivity contribution in [3.8, 4) is 5.75 Å². The fraction of sp³-hybridized carbons (Fsp3) is 0.158. The Morgan fingerprint density at radius 3 is 2.68 bits per heavy atom. The summed E-state index contributed by atoms with van der Waals surface area (Å²) >= 11 is 10.3. The predicted octanol–water partition coefficient (Wildman–Crippen LogP) is 5.13. The molecule has 0 bridgehead atoms. The number of rotatable bonds is 3. The molecule has 1 fully saturated rings. The third kappa shape index (κ3) is 2.63. The van der Waals surface area contributed by atoms with Crippen LogP contribution in [-0.4, -0.2) is 29.3 Å². The largest absolute Gasteiger partial charge is 0.489 e. The lowest BCUT2D eigenvalue weighted by molar-refractivity contribution is 0.267. The first-order chi connectivity index (χ1) is 12.2. The Morgan fingerprint density at radius 2 is 1.88 bits per heavy atom. The van der Waals surface area contributed by atoms with Gasteiger partial charge in [0.05, 0.1) is 28.0 Å². The zero-order valence-corrected chi connectivity index (χ0v) is 15.3. The maximum Gasteiger partial charge on any atom is 0.165 e. The number of epoxide rings is 1. The predicted molar refractivity (Wildman–Crippen MR) is 102 cm³/mol. The summed E-state index contributed by atoms with van der Waals surface area (Å²) in [5.41, 5.74) is 2.23. The van der Waals surface area contributed by atoms with Crippen molar-refractivity contribution < 1.29 is 9.47 Å². The first-order valence-corrected chi connectivity index (χ1v) is 9.09. The third-order valence-electron chi connectivity index (χ3n) is 4.28. The monoisotopic (exact) mass is 414 g/mol. The molecular weight excluding hydrogens is 404 g/mol. The molecule has 4 aromatic rings. The Kier molecular flexibility index (Phi) is 3.55. The van der Waals surface area contributed by atoms with E-state index in [-0.39, 0.29) is 6.10 Å². The van der Waals surface area contributed by atoms with Gasteiger partial charge in [-0.25, -0.2) is 9.97 Å². The minimum atomic E-state index is 0.156. The quantitative estimate of drug-likeness (QED) is 0.344. The second-order valence-electron chi connectivity index (χ2n) is 6.01. The van der Waals surface area contributed by atoms with E-state index < -0.39 is 0 Å². The number of nitrogens with zero attached hydrogens (tertiary/aromatic N) is 2. The van der Waals surface area contributed by atoms with Crippen LogP contribution in [0.15, 0.2) is 46.9 Å². The number of hydrogen-bond donors (Lipinski definition) is 0. The Hall–Kier alpha value is -1.95. The Bertz CT molecular complexity index is 1140. The van der Waals surface area contributed by atoms with E-state index >= 15 is 0 Å². The summed E-state index contributed by atoms with van der Waals surface area (Å²) in [6.07, 6.45) is 0.156. The van der Waals surface area contributed by atoms with Gasteiger partial charge in [0.25, 0.3) is 0 Å². The second kappa shape index (κ2) is 5.80. The van der Waals surface area contributed by atoms with Crippen LogP contribution < -0.4 is 4.74 Å². The van der Waals surface area contributed by atoms with Crippen molar-refractivity contribution >= 4 is 60.4 Å². The number of benzene rings is 2. The number of fused-ring (bicyclic) bond motifs is 3. The molecule has 0 amide bonds. The fourth-order valence-corrected chi connectivity index (χ4v) is 3.65. The van der Waals surface area contributed by atoms with Crippen LogP contribution in [0.3, 0.4) is 0 Å². The van der Waals surface area contributed by atoms with E-state index in [2.05, 4.69) is 15.9 Å². The molecule has 1 aliphatic heterocycles. The lowest BCUT2D eigenvalue weighted by Gasteiger charge is -2.14. The molecule has 0 aliphatic carbocycles. The van der Waals surface area contributed by atoms with Gasteiger partial charge >= 0.3 is 0 Å². The van der Waals surface area contributed by atoms with Gasteiger partial charge in [0.1, 0.15) is 18.5 Å². The highest BCUT2D eigenvalue weighted by molar-refractivity contribution is 9.10. The van der Waals surface area contributed by atoms with E-state index in [0.29, 0.717) is 17.3 Å². The van der Waals surface area contributed by atoms with E-state index in [9.17, 15) is 0 Å². The average Bonchev–Trinajstić information content (AvgIpc) is 3.44. The molecule has 0 spiro atoms. The SMILES string of the molecule is Clc1c2cc(Br)ccc2nc2nc3ccccc3c(OCC3CO3)c12. The Labute approximate surface area is 156 Å². The van der Waals surface area contributed by atoms with Crippen molar-refractivity contribution in [1.82, 2.24) is 9.97 Å². The van der Waals surface area contributed by atoms with Crippen LogP contribution >= 0.6 is 27.5 Å². The highest BCUT2D eigenvalue weighted by atomic mass is 79.9. The summed E-state index contributed by atoms with van der Waals surface area (Å²) in [7, 11) is 0. The van der Waals surface area contributed by atoms with Gasteiger partial charge in [0.15, 0.2) is 5.65 Å². The number of pyridine rings is 2. The lowest BCUT2D eigenvalue weighted by atomic mass is 10.1. The van der Waals surface area contributed by atoms with Crippen molar-refractivity contribution in [1.29, 1.82) is 0 Å². The smallest absolute Gasteiger partial charge is 0.165 e. The zero-order chi connectivity index (χ0) is 17.0. The molecule has 6 heteroatoms. The minimum Gasteiger partial charge on any atom is -0.489 e. The molecule has 0 N–H and O–H groups in total. The zero-order valence-electron chi connectivity index (χ0n) is 13.0. The molecule has 4 nitrogen and oxygen atoms in total. The molecule has 1 aliphatic rings. The highest BCUT2D eigenvalue weighted by Crippen LogP contribution is 2.40. The number of aromatic nitrogens is 2. The van der Waals surface area contributed by atoms with Gasteiger partial charge < -0.3 is 9.47 Å². The molecule has 2 aromatic carbocycles. The molecule has 0 radical (unpaired) electrons. The first kappa shape index (κ1) is 15.3.